The highest BCUT2D eigenvalue weighted by Crippen LogP contribution is 2.29. The molecule has 94 valence electrons. The van der Waals surface area contributed by atoms with E-state index in [1.165, 1.54) is 11.1 Å². The number of nitrogens with zero attached hydrogens (tertiary/aromatic N) is 1. The first kappa shape index (κ1) is 13.0. The number of halogens is 1. The Morgan fingerprint density at radius 2 is 2.00 bits per heavy atom. The van der Waals surface area contributed by atoms with Crippen molar-refractivity contribution in [1.82, 2.24) is 10.4 Å². The Morgan fingerprint density at radius 3 is 2.67 bits per heavy atom. The molecule has 0 amide bonds. The molecule has 0 bridgehead atoms. The highest BCUT2D eigenvalue weighted by atomic mass is 35.5. The first-order chi connectivity index (χ1) is 8.65. The van der Waals surface area contributed by atoms with Crippen molar-refractivity contribution in [3.05, 3.63) is 63.9 Å². The smallest absolute Gasteiger partial charge is 0.0728 e. The Kier molecular flexibility index (Phi) is 3.97. The summed E-state index contributed by atoms with van der Waals surface area (Å²) in [4.78, 5) is 3.99. The van der Waals surface area contributed by atoms with Crippen molar-refractivity contribution in [2.24, 2.45) is 5.84 Å². The van der Waals surface area contributed by atoms with Crippen LogP contribution in [0, 0.1) is 13.8 Å². The summed E-state index contributed by atoms with van der Waals surface area (Å²) in [6, 6.07) is 7.93. The highest BCUT2D eigenvalue weighted by Gasteiger charge is 2.17. The van der Waals surface area contributed by atoms with Crippen molar-refractivity contribution >= 4 is 11.6 Å². The minimum atomic E-state index is -0.125. The van der Waals surface area contributed by atoms with Gasteiger partial charge in [0.05, 0.1) is 11.1 Å². The number of rotatable bonds is 3. The molecule has 0 aliphatic heterocycles. The normalized spacial score (nSPS) is 12.4. The first-order valence-electron chi connectivity index (χ1n) is 5.76. The molecule has 3 nitrogen and oxygen atoms in total. The van der Waals surface area contributed by atoms with E-state index in [1.807, 2.05) is 12.1 Å². The fourth-order valence-corrected chi connectivity index (χ4v) is 2.28. The predicted molar refractivity (Wildman–Crippen MR) is 74.3 cm³/mol. The molecule has 1 aromatic carbocycles. The molecular formula is C14H16ClN3. The van der Waals surface area contributed by atoms with Gasteiger partial charge in [-0.15, -0.1) is 0 Å². The molecule has 3 N–H and O–H groups in total. The van der Waals surface area contributed by atoms with Crippen LogP contribution in [-0.2, 0) is 0 Å². The van der Waals surface area contributed by atoms with E-state index in [9.17, 15) is 0 Å². The topological polar surface area (TPSA) is 50.9 Å². The number of hydrogen-bond acceptors (Lipinski definition) is 3. The van der Waals surface area contributed by atoms with Gasteiger partial charge >= 0.3 is 0 Å². The number of aryl methyl sites for hydroxylation is 1. The number of hydrogen-bond donors (Lipinski definition) is 2. The standard InChI is InChI=1S/C14H16ClN3/c1-9-4-3-5-11(10(9)2)14(18-16)12-6-7-17-8-13(12)15/h3-8,14,18H,16H2,1-2H3. The van der Waals surface area contributed by atoms with Crippen LogP contribution in [0.4, 0.5) is 0 Å². The lowest BCUT2D eigenvalue weighted by molar-refractivity contribution is 0.632. The third kappa shape index (κ3) is 2.38. The molecule has 0 radical (unpaired) electrons. The number of aromatic nitrogens is 1. The van der Waals surface area contributed by atoms with Gasteiger partial charge in [0, 0.05) is 12.4 Å². The van der Waals surface area contributed by atoms with Crippen LogP contribution in [0.3, 0.4) is 0 Å². The van der Waals surface area contributed by atoms with Crippen molar-refractivity contribution in [3.63, 3.8) is 0 Å². The maximum Gasteiger partial charge on any atom is 0.0728 e. The van der Waals surface area contributed by atoms with Crippen molar-refractivity contribution < 1.29 is 0 Å². The molecule has 0 saturated heterocycles. The zero-order valence-corrected chi connectivity index (χ0v) is 11.2. The Labute approximate surface area is 112 Å². The SMILES string of the molecule is Cc1cccc(C(NN)c2ccncc2Cl)c1C. The lowest BCUT2D eigenvalue weighted by atomic mass is 9.93. The van der Waals surface area contributed by atoms with Gasteiger partial charge in [-0.1, -0.05) is 29.8 Å². The Balaban J connectivity index is 2.53. The molecule has 1 aromatic heterocycles. The fourth-order valence-electron chi connectivity index (χ4n) is 2.05. The third-order valence-corrected chi connectivity index (χ3v) is 3.55. The van der Waals surface area contributed by atoms with Crippen LogP contribution in [0.5, 0.6) is 0 Å². The molecule has 0 fully saturated rings. The maximum absolute atomic E-state index is 6.18. The average molecular weight is 262 g/mol. The van der Waals surface area contributed by atoms with Crippen LogP contribution >= 0.6 is 11.6 Å². The van der Waals surface area contributed by atoms with Crippen molar-refractivity contribution in [1.29, 1.82) is 0 Å². The number of pyridine rings is 1. The third-order valence-electron chi connectivity index (χ3n) is 3.24. The van der Waals surface area contributed by atoms with Crippen LogP contribution in [0.1, 0.15) is 28.3 Å². The van der Waals surface area contributed by atoms with Gasteiger partial charge in [0.1, 0.15) is 0 Å². The molecule has 1 atom stereocenters. The van der Waals surface area contributed by atoms with E-state index in [1.54, 1.807) is 12.4 Å². The van der Waals surface area contributed by atoms with Crippen LogP contribution in [-0.4, -0.2) is 4.98 Å². The van der Waals surface area contributed by atoms with Gasteiger partial charge in [0.25, 0.3) is 0 Å². The number of nitrogens with one attached hydrogen (secondary N) is 1. The molecule has 2 aromatic rings. The van der Waals surface area contributed by atoms with E-state index >= 15 is 0 Å². The molecule has 0 spiro atoms. The Hall–Kier alpha value is -1.42. The monoisotopic (exact) mass is 261 g/mol. The Morgan fingerprint density at radius 1 is 1.22 bits per heavy atom. The van der Waals surface area contributed by atoms with E-state index in [-0.39, 0.29) is 6.04 Å². The van der Waals surface area contributed by atoms with Crippen molar-refractivity contribution in [2.75, 3.05) is 0 Å². The summed E-state index contributed by atoms with van der Waals surface area (Å²) in [6.45, 7) is 4.17. The summed E-state index contributed by atoms with van der Waals surface area (Å²) in [5.74, 6) is 5.70. The molecule has 2 rings (SSSR count). The largest absolute Gasteiger partial charge is 0.271 e. The van der Waals surface area contributed by atoms with Gasteiger partial charge < -0.3 is 0 Å². The molecule has 0 aliphatic rings. The quantitative estimate of drug-likeness (QED) is 0.660. The lowest BCUT2D eigenvalue weighted by Gasteiger charge is -2.20. The Bertz CT molecular complexity index is 554. The van der Waals surface area contributed by atoms with Crippen LogP contribution in [0.15, 0.2) is 36.7 Å². The second-order valence-electron chi connectivity index (χ2n) is 4.29. The molecule has 1 unspecified atom stereocenters. The number of hydrazine groups is 1. The number of nitrogens with two attached hydrogens (primary N) is 1. The average Bonchev–Trinajstić information content (AvgIpc) is 2.37. The maximum atomic E-state index is 6.18. The molecule has 0 aliphatic carbocycles. The highest BCUT2D eigenvalue weighted by molar-refractivity contribution is 6.31. The summed E-state index contributed by atoms with van der Waals surface area (Å²) in [6.07, 6.45) is 3.35. The minimum absolute atomic E-state index is 0.125. The molecule has 1 heterocycles. The molecular weight excluding hydrogens is 246 g/mol. The van der Waals surface area contributed by atoms with E-state index in [0.717, 1.165) is 11.1 Å². The van der Waals surface area contributed by atoms with Crippen LogP contribution in [0.2, 0.25) is 5.02 Å². The van der Waals surface area contributed by atoms with E-state index in [2.05, 4.69) is 36.4 Å². The van der Waals surface area contributed by atoms with Crippen molar-refractivity contribution in [2.45, 2.75) is 19.9 Å². The van der Waals surface area contributed by atoms with Gasteiger partial charge in [-0.25, -0.2) is 5.43 Å². The summed E-state index contributed by atoms with van der Waals surface area (Å²) in [5.41, 5.74) is 7.34. The summed E-state index contributed by atoms with van der Waals surface area (Å²) < 4.78 is 0. The van der Waals surface area contributed by atoms with E-state index in [4.69, 9.17) is 17.4 Å². The van der Waals surface area contributed by atoms with Crippen LogP contribution < -0.4 is 11.3 Å². The molecule has 18 heavy (non-hydrogen) atoms. The van der Waals surface area contributed by atoms with Gasteiger partial charge in [-0.2, -0.15) is 0 Å². The first-order valence-corrected chi connectivity index (χ1v) is 6.14. The minimum Gasteiger partial charge on any atom is -0.271 e. The second kappa shape index (κ2) is 5.48. The van der Waals surface area contributed by atoms with Gasteiger partial charge in [-0.3, -0.25) is 10.8 Å². The summed E-state index contributed by atoms with van der Waals surface area (Å²) in [5, 5.41) is 0.612. The lowest BCUT2D eigenvalue weighted by Crippen LogP contribution is -2.29. The van der Waals surface area contributed by atoms with E-state index < -0.39 is 0 Å². The van der Waals surface area contributed by atoms with E-state index in [0.29, 0.717) is 5.02 Å². The molecule has 0 saturated carbocycles. The van der Waals surface area contributed by atoms with Gasteiger partial charge in [0.15, 0.2) is 0 Å². The molecule has 4 heteroatoms. The number of benzene rings is 1. The summed E-state index contributed by atoms with van der Waals surface area (Å²) >= 11 is 6.18. The second-order valence-corrected chi connectivity index (χ2v) is 4.69. The van der Waals surface area contributed by atoms with Gasteiger partial charge in [-0.05, 0) is 42.2 Å². The summed E-state index contributed by atoms with van der Waals surface area (Å²) in [7, 11) is 0. The zero-order valence-electron chi connectivity index (χ0n) is 10.4. The van der Waals surface area contributed by atoms with Crippen molar-refractivity contribution in [3.8, 4) is 0 Å². The fraction of sp³-hybridized carbons (Fsp3) is 0.214. The van der Waals surface area contributed by atoms with Crippen LogP contribution in [0.25, 0.3) is 0 Å². The zero-order chi connectivity index (χ0) is 13.1. The predicted octanol–water partition coefficient (Wildman–Crippen LogP) is 2.90. The van der Waals surface area contributed by atoms with Gasteiger partial charge in [0.2, 0.25) is 0 Å².